The Morgan fingerprint density at radius 1 is 1.26 bits per heavy atom. The highest BCUT2D eigenvalue weighted by molar-refractivity contribution is 7.13. The molecule has 0 saturated heterocycles. The molecule has 0 bridgehead atoms. The van der Waals surface area contributed by atoms with E-state index in [1.54, 1.807) is 28.7 Å². The largest absolute Gasteiger partial charge is 1.00 e. The Bertz CT molecular complexity index is 649. The third kappa shape index (κ3) is 3.10. The van der Waals surface area contributed by atoms with Gasteiger partial charge in [-0.1, -0.05) is 30.3 Å². The molecule has 5 nitrogen and oxygen atoms in total. The van der Waals surface area contributed by atoms with Gasteiger partial charge in [-0.2, -0.15) is 0 Å². The summed E-state index contributed by atoms with van der Waals surface area (Å²) < 4.78 is 3.17. The number of rotatable bonds is 3. The van der Waals surface area contributed by atoms with E-state index in [1.165, 1.54) is 4.68 Å². The minimum absolute atomic E-state index is 0. The lowest BCUT2D eigenvalue weighted by Gasteiger charge is -1.93. The number of hydrogen-bond acceptors (Lipinski definition) is 4. The van der Waals surface area contributed by atoms with Crippen molar-refractivity contribution in [2.24, 2.45) is 0 Å². The normalized spacial score (nSPS) is 10.1. The summed E-state index contributed by atoms with van der Waals surface area (Å²) in [7, 11) is 0. The molecule has 0 atom stereocenters. The van der Waals surface area contributed by atoms with Crippen LogP contribution in [0.4, 0.5) is 0 Å². The van der Waals surface area contributed by atoms with E-state index in [9.17, 15) is 0 Å². The van der Waals surface area contributed by atoms with E-state index < -0.39 is 0 Å². The molecule has 0 unspecified atom stereocenters. The molecule has 7 heteroatoms. The van der Waals surface area contributed by atoms with Gasteiger partial charge in [-0.3, -0.25) is 5.84 Å². The summed E-state index contributed by atoms with van der Waals surface area (Å²) in [6.07, 6.45) is 3.28. The van der Waals surface area contributed by atoms with Gasteiger partial charge in [0.2, 0.25) is 6.33 Å². The Labute approximate surface area is 120 Å². The molecule has 3 rings (SSSR count). The first-order valence-electron chi connectivity index (χ1n) is 5.50. The van der Waals surface area contributed by atoms with Crippen LogP contribution in [0.2, 0.25) is 0 Å². The molecule has 0 radical (unpaired) electrons. The van der Waals surface area contributed by atoms with Crippen molar-refractivity contribution in [3.05, 3.63) is 54.1 Å². The Hall–Kier alpha value is -1.92. The monoisotopic (exact) mass is 293 g/mol. The molecule has 0 aliphatic carbocycles. The lowest BCUT2D eigenvalue weighted by atomic mass is 10.2. The third-order valence-electron chi connectivity index (χ3n) is 2.50. The molecule has 98 valence electrons. The van der Waals surface area contributed by atoms with Crippen LogP contribution in [0, 0.1) is 0 Å². The molecule has 19 heavy (non-hydrogen) atoms. The highest BCUT2D eigenvalue weighted by Gasteiger charge is 2.09. The van der Waals surface area contributed by atoms with Gasteiger partial charge in [0.1, 0.15) is 11.6 Å². The Morgan fingerprint density at radius 2 is 2.05 bits per heavy atom. The summed E-state index contributed by atoms with van der Waals surface area (Å²) >= 11 is 1.64. The van der Waals surface area contributed by atoms with Crippen LogP contribution in [0.3, 0.4) is 0 Å². The van der Waals surface area contributed by atoms with Crippen molar-refractivity contribution in [3.8, 4) is 10.6 Å². The van der Waals surface area contributed by atoms with Crippen molar-refractivity contribution in [1.29, 1.82) is 0 Å². The highest BCUT2D eigenvalue weighted by atomic mass is 35.5. The highest BCUT2D eigenvalue weighted by Crippen LogP contribution is 2.23. The average Bonchev–Trinajstić information content (AvgIpc) is 3.01. The number of aromatic nitrogens is 4. The molecule has 3 aromatic rings. The maximum Gasteiger partial charge on any atom is 0.286 e. The van der Waals surface area contributed by atoms with Gasteiger partial charge in [-0.15, -0.1) is 20.7 Å². The summed E-state index contributed by atoms with van der Waals surface area (Å²) in [4.78, 5) is 4.59. The number of hydrogen-bond donors (Lipinski definition) is 1. The van der Waals surface area contributed by atoms with Crippen LogP contribution in [0.1, 0.15) is 5.69 Å². The summed E-state index contributed by atoms with van der Waals surface area (Å²) in [6, 6.07) is 10.2. The molecule has 1 aromatic carbocycles. The predicted octanol–water partition coefficient (Wildman–Crippen LogP) is -1.94. The molecule has 2 N–H and O–H groups in total. The first-order chi connectivity index (χ1) is 8.81. The summed E-state index contributed by atoms with van der Waals surface area (Å²) in [5.74, 6) is 5.54. The quantitative estimate of drug-likeness (QED) is 0.452. The number of nitrogens with zero attached hydrogens (tertiary/aromatic N) is 4. The van der Waals surface area contributed by atoms with E-state index >= 15 is 0 Å². The van der Waals surface area contributed by atoms with Crippen molar-refractivity contribution in [2.75, 3.05) is 5.84 Å². The topological polar surface area (TPSA) is 60.6 Å². The number of halogens is 1. The maximum atomic E-state index is 5.54. The van der Waals surface area contributed by atoms with Gasteiger partial charge in [0.15, 0.2) is 0 Å². The Morgan fingerprint density at radius 3 is 2.74 bits per heavy atom. The van der Waals surface area contributed by atoms with Crippen LogP contribution in [-0.4, -0.2) is 14.8 Å². The van der Waals surface area contributed by atoms with E-state index in [0.717, 1.165) is 16.3 Å². The number of nitrogen functional groups attached to an aromatic ring is 1. The van der Waals surface area contributed by atoms with E-state index in [0.29, 0.717) is 6.54 Å². The van der Waals surface area contributed by atoms with Crippen LogP contribution >= 0.6 is 11.3 Å². The molecular formula is C12H12ClN5S. The van der Waals surface area contributed by atoms with Gasteiger partial charge in [-0.25, -0.2) is 4.98 Å². The first-order valence-corrected chi connectivity index (χ1v) is 6.38. The maximum absolute atomic E-state index is 5.54. The van der Waals surface area contributed by atoms with Crippen LogP contribution in [-0.2, 0) is 6.54 Å². The minimum Gasteiger partial charge on any atom is -1.00 e. The van der Waals surface area contributed by atoms with Crippen molar-refractivity contribution < 1.29 is 17.1 Å². The molecule has 0 aliphatic rings. The second-order valence-electron chi connectivity index (χ2n) is 3.90. The van der Waals surface area contributed by atoms with Crippen LogP contribution in [0.25, 0.3) is 10.6 Å². The molecule has 0 fully saturated rings. The van der Waals surface area contributed by atoms with Gasteiger partial charge >= 0.3 is 0 Å². The molecule has 0 aliphatic heterocycles. The van der Waals surface area contributed by atoms with Gasteiger partial charge in [-0.05, 0) is 0 Å². The number of benzene rings is 1. The number of thiazole rings is 1. The van der Waals surface area contributed by atoms with Crippen LogP contribution in [0.15, 0.2) is 48.4 Å². The van der Waals surface area contributed by atoms with Crippen molar-refractivity contribution in [2.45, 2.75) is 6.54 Å². The fourth-order valence-corrected chi connectivity index (χ4v) is 2.50. The minimum atomic E-state index is 0. The fraction of sp³-hybridized carbons (Fsp3) is 0.0833. The third-order valence-corrected chi connectivity index (χ3v) is 3.44. The summed E-state index contributed by atoms with van der Waals surface area (Å²) in [6.45, 7) is 0.632. The number of nitrogens with two attached hydrogens (primary N) is 1. The van der Waals surface area contributed by atoms with Crippen LogP contribution in [0.5, 0.6) is 0 Å². The zero-order chi connectivity index (χ0) is 12.4. The first kappa shape index (κ1) is 13.5. The van der Waals surface area contributed by atoms with Crippen LogP contribution < -0.4 is 22.9 Å². The van der Waals surface area contributed by atoms with Gasteiger partial charge < -0.3 is 12.4 Å². The van der Waals surface area contributed by atoms with E-state index in [-0.39, 0.29) is 12.4 Å². The predicted molar refractivity (Wildman–Crippen MR) is 69.2 cm³/mol. The molecule has 0 spiro atoms. The lowest BCUT2D eigenvalue weighted by Crippen LogP contribution is -3.00. The molecular weight excluding hydrogens is 282 g/mol. The van der Waals surface area contributed by atoms with Crippen molar-refractivity contribution in [1.82, 2.24) is 14.8 Å². The zero-order valence-electron chi connectivity index (χ0n) is 9.98. The lowest BCUT2D eigenvalue weighted by molar-refractivity contribution is -0.639. The average molecular weight is 294 g/mol. The zero-order valence-corrected chi connectivity index (χ0v) is 11.6. The molecule has 2 aromatic heterocycles. The molecule has 2 heterocycles. The van der Waals surface area contributed by atoms with Gasteiger partial charge in [0.05, 0.1) is 5.69 Å². The second kappa shape index (κ2) is 5.81. The molecule has 0 saturated carbocycles. The molecule has 0 amide bonds. The van der Waals surface area contributed by atoms with Crippen molar-refractivity contribution >= 4 is 11.3 Å². The van der Waals surface area contributed by atoms with E-state index in [2.05, 4.69) is 22.2 Å². The smallest absolute Gasteiger partial charge is 0.286 e. The SMILES string of the molecule is N[n+]1cnn(Cc2csc(-c3ccccc3)n2)c1.[Cl-]. The van der Waals surface area contributed by atoms with Gasteiger partial charge in [0, 0.05) is 16.0 Å². The van der Waals surface area contributed by atoms with E-state index in [4.69, 9.17) is 5.84 Å². The fourth-order valence-electron chi connectivity index (χ4n) is 1.68. The summed E-state index contributed by atoms with van der Waals surface area (Å²) in [5, 5.41) is 7.19. The van der Waals surface area contributed by atoms with Crippen molar-refractivity contribution in [3.63, 3.8) is 0 Å². The Balaban J connectivity index is 0.00000133. The van der Waals surface area contributed by atoms with E-state index in [1.807, 2.05) is 23.6 Å². The van der Waals surface area contributed by atoms with Gasteiger partial charge in [0.25, 0.3) is 6.33 Å². The standard InChI is InChI=1S/C12H12N5S.ClH/c13-16-8-14-17(9-16)6-11-7-18-12(15-11)10-4-2-1-3-5-10;/h1-5,7-9H,6,13H2;1H/q+1;/p-1. The summed E-state index contributed by atoms with van der Waals surface area (Å²) in [5.41, 5.74) is 2.13. The Kier molecular flexibility index (Phi) is 4.13. The second-order valence-corrected chi connectivity index (χ2v) is 4.76.